The third-order valence-corrected chi connectivity index (χ3v) is 4.93. The SMILES string of the molecule is Cn1cc(-c2nc(C(=O)NCc3cccc(Cn4cccn4)c3)cs2)cn1. The average Bonchev–Trinajstić information content (AvgIpc) is 3.41. The zero-order valence-corrected chi connectivity index (χ0v) is 15.6. The lowest BCUT2D eigenvalue weighted by atomic mass is 10.1. The molecular formula is C19H18N6OS. The first kappa shape index (κ1) is 17.2. The predicted octanol–water partition coefficient (Wildman–Crippen LogP) is 2.72. The third-order valence-electron chi connectivity index (χ3n) is 4.04. The molecule has 0 saturated carbocycles. The van der Waals surface area contributed by atoms with Gasteiger partial charge < -0.3 is 5.32 Å². The smallest absolute Gasteiger partial charge is 0.271 e. The Morgan fingerprint density at radius 1 is 1.22 bits per heavy atom. The Bertz CT molecular complexity index is 1050. The Balaban J connectivity index is 1.38. The van der Waals surface area contributed by atoms with Gasteiger partial charge in [-0.15, -0.1) is 11.3 Å². The molecule has 1 N–H and O–H groups in total. The van der Waals surface area contributed by atoms with Gasteiger partial charge in [0.25, 0.3) is 5.91 Å². The van der Waals surface area contributed by atoms with E-state index >= 15 is 0 Å². The van der Waals surface area contributed by atoms with E-state index < -0.39 is 0 Å². The second-order valence-electron chi connectivity index (χ2n) is 6.15. The number of carbonyl (C=O) groups excluding carboxylic acids is 1. The number of hydrogen-bond donors (Lipinski definition) is 1. The van der Waals surface area contributed by atoms with Crippen molar-refractivity contribution in [3.05, 3.63) is 77.3 Å². The van der Waals surface area contributed by atoms with Crippen LogP contribution in [-0.4, -0.2) is 30.5 Å². The number of carbonyl (C=O) groups is 1. The van der Waals surface area contributed by atoms with Crippen molar-refractivity contribution in [2.75, 3.05) is 0 Å². The fraction of sp³-hybridized carbons (Fsp3) is 0.158. The van der Waals surface area contributed by atoms with Gasteiger partial charge in [-0.3, -0.25) is 14.2 Å². The van der Waals surface area contributed by atoms with E-state index in [4.69, 9.17) is 0 Å². The van der Waals surface area contributed by atoms with Crippen molar-refractivity contribution in [1.29, 1.82) is 0 Å². The van der Waals surface area contributed by atoms with E-state index in [0.29, 0.717) is 18.8 Å². The first-order valence-electron chi connectivity index (χ1n) is 8.45. The fourth-order valence-electron chi connectivity index (χ4n) is 2.73. The summed E-state index contributed by atoms with van der Waals surface area (Å²) >= 11 is 1.44. The molecule has 0 bridgehead atoms. The molecule has 1 aromatic carbocycles. The molecular weight excluding hydrogens is 360 g/mol. The summed E-state index contributed by atoms with van der Waals surface area (Å²) < 4.78 is 3.58. The monoisotopic (exact) mass is 378 g/mol. The van der Waals surface area contributed by atoms with Gasteiger partial charge in [0.15, 0.2) is 0 Å². The van der Waals surface area contributed by atoms with Crippen molar-refractivity contribution in [3.63, 3.8) is 0 Å². The average molecular weight is 378 g/mol. The van der Waals surface area contributed by atoms with Gasteiger partial charge in [0.1, 0.15) is 10.7 Å². The zero-order chi connectivity index (χ0) is 18.6. The molecule has 7 nitrogen and oxygen atoms in total. The second kappa shape index (κ2) is 7.55. The highest BCUT2D eigenvalue weighted by Crippen LogP contribution is 2.22. The van der Waals surface area contributed by atoms with Gasteiger partial charge in [-0.25, -0.2) is 4.98 Å². The molecule has 27 heavy (non-hydrogen) atoms. The molecule has 136 valence electrons. The minimum absolute atomic E-state index is 0.182. The minimum Gasteiger partial charge on any atom is -0.347 e. The number of aryl methyl sites for hydroxylation is 1. The van der Waals surface area contributed by atoms with Crippen LogP contribution in [0.2, 0.25) is 0 Å². The summed E-state index contributed by atoms with van der Waals surface area (Å²) in [5.74, 6) is -0.182. The lowest BCUT2D eigenvalue weighted by Crippen LogP contribution is -2.23. The van der Waals surface area contributed by atoms with Gasteiger partial charge in [-0.2, -0.15) is 10.2 Å². The summed E-state index contributed by atoms with van der Waals surface area (Å²) in [5.41, 5.74) is 3.51. The minimum atomic E-state index is -0.182. The first-order chi connectivity index (χ1) is 13.2. The standard InChI is InChI=1S/C19H18N6OS/c1-24-12-16(10-22-24)19-23-17(13-27-19)18(26)20-9-14-4-2-5-15(8-14)11-25-7-3-6-21-25/h2-8,10,12-13H,9,11H2,1H3,(H,20,26). The quantitative estimate of drug-likeness (QED) is 0.560. The largest absolute Gasteiger partial charge is 0.347 e. The van der Waals surface area contributed by atoms with Crippen molar-refractivity contribution >= 4 is 17.2 Å². The van der Waals surface area contributed by atoms with Crippen molar-refractivity contribution in [2.24, 2.45) is 7.05 Å². The van der Waals surface area contributed by atoms with Gasteiger partial charge in [0.05, 0.1) is 12.7 Å². The van der Waals surface area contributed by atoms with Gasteiger partial charge in [-0.1, -0.05) is 24.3 Å². The Hall–Kier alpha value is -3.26. The van der Waals surface area contributed by atoms with Crippen LogP contribution in [0.15, 0.2) is 60.5 Å². The molecule has 0 saturated heterocycles. The molecule has 0 atom stereocenters. The highest BCUT2D eigenvalue weighted by molar-refractivity contribution is 7.13. The second-order valence-corrected chi connectivity index (χ2v) is 7.00. The fourth-order valence-corrected chi connectivity index (χ4v) is 3.51. The number of thiazole rings is 1. The Labute approximate surface area is 160 Å². The van der Waals surface area contributed by atoms with Crippen LogP contribution < -0.4 is 5.32 Å². The zero-order valence-electron chi connectivity index (χ0n) is 14.7. The molecule has 3 aromatic heterocycles. The van der Waals surface area contributed by atoms with E-state index in [9.17, 15) is 4.79 Å². The normalized spacial score (nSPS) is 10.9. The molecule has 0 unspecified atom stereocenters. The number of hydrogen-bond acceptors (Lipinski definition) is 5. The summed E-state index contributed by atoms with van der Waals surface area (Å²) in [6.07, 6.45) is 7.31. The maximum absolute atomic E-state index is 12.4. The Morgan fingerprint density at radius 3 is 2.89 bits per heavy atom. The molecule has 1 amide bonds. The molecule has 0 spiro atoms. The van der Waals surface area contributed by atoms with Crippen LogP contribution >= 0.6 is 11.3 Å². The van der Waals surface area contributed by atoms with Gasteiger partial charge in [0.2, 0.25) is 0 Å². The molecule has 0 radical (unpaired) electrons. The highest BCUT2D eigenvalue weighted by Gasteiger charge is 2.12. The Morgan fingerprint density at radius 2 is 2.11 bits per heavy atom. The van der Waals surface area contributed by atoms with E-state index in [1.807, 2.05) is 48.4 Å². The molecule has 8 heteroatoms. The first-order valence-corrected chi connectivity index (χ1v) is 9.33. The molecule has 3 heterocycles. The maximum atomic E-state index is 12.4. The molecule has 4 aromatic rings. The molecule has 0 fully saturated rings. The molecule has 0 aliphatic heterocycles. The van der Waals surface area contributed by atoms with Crippen molar-refractivity contribution < 1.29 is 4.79 Å². The van der Waals surface area contributed by atoms with E-state index in [0.717, 1.165) is 21.7 Å². The number of amides is 1. The van der Waals surface area contributed by atoms with Crippen LogP contribution in [0, 0.1) is 0 Å². The highest BCUT2D eigenvalue weighted by atomic mass is 32.1. The lowest BCUT2D eigenvalue weighted by molar-refractivity contribution is 0.0946. The molecule has 4 rings (SSSR count). The van der Waals surface area contributed by atoms with Gasteiger partial charge >= 0.3 is 0 Å². The third kappa shape index (κ3) is 4.12. The van der Waals surface area contributed by atoms with Crippen LogP contribution in [0.3, 0.4) is 0 Å². The van der Waals surface area contributed by atoms with Crippen LogP contribution in [-0.2, 0) is 20.1 Å². The number of benzene rings is 1. The van der Waals surface area contributed by atoms with Crippen LogP contribution in [0.1, 0.15) is 21.6 Å². The van der Waals surface area contributed by atoms with Gasteiger partial charge in [0, 0.05) is 43.1 Å². The predicted molar refractivity (Wildman–Crippen MR) is 103 cm³/mol. The van der Waals surface area contributed by atoms with E-state index in [1.54, 1.807) is 22.5 Å². The number of aromatic nitrogens is 5. The Kier molecular flexibility index (Phi) is 4.80. The van der Waals surface area contributed by atoms with Crippen LogP contribution in [0.5, 0.6) is 0 Å². The van der Waals surface area contributed by atoms with Crippen molar-refractivity contribution in [1.82, 2.24) is 29.9 Å². The van der Waals surface area contributed by atoms with Crippen LogP contribution in [0.4, 0.5) is 0 Å². The summed E-state index contributed by atoms with van der Waals surface area (Å²) in [4.78, 5) is 16.8. The van der Waals surface area contributed by atoms with Crippen LogP contribution in [0.25, 0.3) is 10.6 Å². The number of nitrogens with zero attached hydrogens (tertiary/aromatic N) is 5. The number of nitrogens with one attached hydrogen (secondary N) is 1. The maximum Gasteiger partial charge on any atom is 0.271 e. The lowest BCUT2D eigenvalue weighted by Gasteiger charge is -2.07. The van der Waals surface area contributed by atoms with E-state index in [2.05, 4.69) is 26.6 Å². The van der Waals surface area contributed by atoms with E-state index in [-0.39, 0.29) is 5.91 Å². The van der Waals surface area contributed by atoms with Crippen molar-refractivity contribution in [2.45, 2.75) is 13.1 Å². The van der Waals surface area contributed by atoms with Crippen molar-refractivity contribution in [3.8, 4) is 10.6 Å². The number of rotatable bonds is 6. The topological polar surface area (TPSA) is 77.6 Å². The summed E-state index contributed by atoms with van der Waals surface area (Å²) in [6, 6.07) is 10.0. The van der Waals surface area contributed by atoms with Gasteiger partial charge in [-0.05, 0) is 17.2 Å². The molecule has 0 aliphatic rings. The molecule has 0 aliphatic carbocycles. The van der Waals surface area contributed by atoms with E-state index in [1.165, 1.54) is 11.3 Å². The summed E-state index contributed by atoms with van der Waals surface area (Å²) in [6.45, 7) is 1.15. The summed E-state index contributed by atoms with van der Waals surface area (Å²) in [5, 5.41) is 13.8. The summed E-state index contributed by atoms with van der Waals surface area (Å²) in [7, 11) is 1.85.